The monoisotopic (exact) mass is 332 g/mol. The molecule has 0 saturated heterocycles. The van der Waals surface area contributed by atoms with Crippen molar-refractivity contribution >= 4 is 27.3 Å². The smallest absolute Gasteiger partial charge is 0.145 e. The zero-order valence-corrected chi connectivity index (χ0v) is 14.4. The van der Waals surface area contributed by atoms with Crippen LogP contribution in [-0.2, 0) is 0 Å². The predicted molar refractivity (Wildman–Crippen MR) is 101 cm³/mol. The normalized spacial score (nSPS) is 16.2. The van der Waals surface area contributed by atoms with Gasteiger partial charge >= 0.3 is 0 Å². The van der Waals surface area contributed by atoms with E-state index in [1.54, 1.807) is 12.1 Å². The SMILES string of the molecule is Cc1nc2c3ccccc3c3ccc(F)cc3n2c1C1CCCCC1. The Morgan fingerprint density at radius 2 is 1.72 bits per heavy atom. The molecule has 2 aromatic heterocycles. The maximum Gasteiger partial charge on any atom is 0.145 e. The summed E-state index contributed by atoms with van der Waals surface area (Å²) in [5.74, 6) is 0.335. The van der Waals surface area contributed by atoms with Crippen LogP contribution in [0.25, 0.3) is 27.3 Å². The summed E-state index contributed by atoms with van der Waals surface area (Å²) in [6.45, 7) is 2.11. The summed E-state index contributed by atoms with van der Waals surface area (Å²) in [6, 6.07) is 13.5. The Morgan fingerprint density at radius 3 is 2.52 bits per heavy atom. The van der Waals surface area contributed by atoms with Gasteiger partial charge < -0.3 is 0 Å². The van der Waals surface area contributed by atoms with Crippen LogP contribution >= 0.6 is 0 Å². The van der Waals surface area contributed by atoms with Crippen molar-refractivity contribution in [3.63, 3.8) is 0 Å². The summed E-state index contributed by atoms with van der Waals surface area (Å²) in [4.78, 5) is 4.94. The Balaban J connectivity index is 1.98. The van der Waals surface area contributed by atoms with Crippen molar-refractivity contribution in [1.29, 1.82) is 0 Å². The Bertz CT molecular complexity index is 1100. The van der Waals surface area contributed by atoms with E-state index >= 15 is 0 Å². The molecule has 3 heteroatoms. The van der Waals surface area contributed by atoms with Gasteiger partial charge in [0, 0.05) is 22.4 Å². The van der Waals surface area contributed by atoms with Crippen LogP contribution in [0.15, 0.2) is 42.5 Å². The van der Waals surface area contributed by atoms with Crippen LogP contribution in [0.5, 0.6) is 0 Å². The van der Waals surface area contributed by atoms with E-state index in [4.69, 9.17) is 4.98 Å². The second-order valence-corrected chi connectivity index (χ2v) is 7.28. The number of rotatable bonds is 1. The molecule has 1 saturated carbocycles. The topological polar surface area (TPSA) is 17.3 Å². The van der Waals surface area contributed by atoms with Gasteiger partial charge in [-0.05, 0) is 43.4 Å². The van der Waals surface area contributed by atoms with Gasteiger partial charge in [-0.3, -0.25) is 4.40 Å². The molecule has 2 heterocycles. The van der Waals surface area contributed by atoms with E-state index in [2.05, 4.69) is 29.5 Å². The van der Waals surface area contributed by atoms with Crippen LogP contribution in [0, 0.1) is 12.7 Å². The predicted octanol–water partition coefficient (Wildman–Crippen LogP) is 6.14. The number of benzene rings is 2. The summed E-state index contributed by atoms with van der Waals surface area (Å²) in [5, 5.41) is 3.39. The van der Waals surface area contributed by atoms with Crippen molar-refractivity contribution in [3.8, 4) is 0 Å². The first-order chi connectivity index (χ1) is 12.2. The lowest BCUT2D eigenvalue weighted by atomic mass is 9.86. The zero-order chi connectivity index (χ0) is 17.0. The van der Waals surface area contributed by atoms with Crippen molar-refractivity contribution < 1.29 is 4.39 Å². The molecule has 0 unspecified atom stereocenters. The van der Waals surface area contributed by atoms with Crippen molar-refractivity contribution in [2.45, 2.75) is 44.9 Å². The van der Waals surface area contributed by atoms with E-state index in [0.717, 1.165) is 33.0 Å². The average Bonchev–Trinajstić information content (AvgIpc) is 3.00. The Hall–Kier alpha value is -2.42. The van der Waals surface area contributed by atoms with Crippen molar-refractivity contribution in [2.75, 3.05) is 0 Å². The summed E-state index contributed by atoms with van der Waals surface area (Å²) in [7, 11) is 0. The molecule has 1 aliphatic rings. The Morgan fingerprint density at radius 1 is 0.960 bits per heavy atom. The molecule has 1 aliphatic carbocycles. The molecule has 0 amide bonds. The van der Waals surface area contributed by atoms with Gasteiger partial charge in [0.25, 0.3) is 0 Å². The van der Waals surface area contributed by atoms with Crippen molar-refractivity contribution in [1.82, 2.24) is 9.38 Å². The van der Waals surface area contributed by atoms with Gasteiger partial charge in [-0.1, -0.05) is 43.5 Å². The van der Waals surface area contributed by atoms with Crippen LogP contribution in [0.1, 0.15) is 49.4 Å². The minimum atomic E-state index is -0.190. The molecule has 0 atom stereocenters. The average molecular weight is 332 g/mol. The quantitative estimate of drug-likeness (QED) is 0.383. The second-order valence-electron chi connectivity index (χ2n) is 7.28. The molecular weight excluding hydrogens is 311 g/mol. The molecule has 25 heavy (non-hydrogen) atoms. The van der Waals surface area contributed by atoms with Gasteiger partial charge in [-0.2, -0.15) is 0 Å². The molecule has 1 fully saturated rings. The standard InChI is InChI=1S/C22H21FN2/c1-14-21(15-7-3-2-4-8-15)25-20-13-16(23)11-12-18(20)17-9-5-6-10-19(17)22(25)24-14/h5-6,9-13,15H,2-4,7-8H2,1H3. The highest BCUT2D eigenvalue weighted by Gasteiger charge is 2.24. The summed E-state index contributed by atoms with van der Waals surface area (Å²) in [5.41, 5.74) is 4.28. The molecule has 2 aromatic carbocycles. The van der Waals surface area contributed by atoms with Crippen LogP contribution < -0.4 is 0 Å². The van der Waals surface area contributed by atoms with Crippen molar-refractivity contribution in [3.05, 3.63) is 59.7 Å². The number of imidazole rings is 1. The van der Waals surface area contributed by atoms with Crippen LogP contribution in [0.2, 0.25) is 0 Å². The van der Waals surface area contributed by atoms with Gasteiger partial charge in [-0.25, -0.2) is 9.37 Å². The largest absolute Gasteiger partial charge is 0.295 e. The number of nitrogens with zero attached hydrogens (tertiary/aromatic N) is 2. The highest BCUT2D eigenvalue weighted by atomic mass is 19.1. The fraction of sp³-hybridized carbons (Fsp3) is 0.318. The molecular formula is C22H21FN2. The Labute approximate surface area is 146 Å². The van der Waals surface area contributed by atoms with Gasteiger partial charge in [0.2, 0.25) is 0 Å². The first-order valence-corrected chi connectivity index (χ1v) is 9.23. The number of hydrogen-bond acceptors (Lipinski definition) is 1. The maximum absolute atomic E-state index is 14.1. The summed E-state index contributed by atoms with van der Waals surface area (Å²) >= 11 is 0. The van der Waals surface area contributed by atoms with Gasteiger partial charge in [0.1, 0.15) is 11.5 Å². The second kappa shape index (κ2) is 5.55. The first kappa shape index (κ1) is 14.9. The van der Waals surface area contributed by atoms with Crippen molar-refractivity contribution in [2.24, 2.45) is 0 Å². The highest BCUT2D eigenvalue weighted by Crippen LogP contribution is 2.38. The van der Waals surface area contributed by atoms with E-state index in [1.807, 2.05) is 12.1 Å². The lowest BCUT2D eigenvalue weighted by Gasteiger charge is -2.23. The third-order valence-corrected chi connectivity index (χ3v) is 5.75. The lowest BCUT2D eigenvalue weighted by molar-refractivity contribution is 0.434. The molecule has 0 aliphatic heterocycles. The number of fused-ring (bicyclic) bond motifs is 6. The van der Waals surface area contributed by atoms with Gasteiger partial charge in [0.05, 0.1) is 11.2 Å². The van der Waals surface area contributed by atoms with Gasteiger partial charge in [-0.15, -0.1) is 0 Å². The number of pyridine rings is 1. The molecule has 0 radical (unpaired) electrons. The van der Waals surface area contributed by atoms with Crippen LogP contribution in [-0.4, -0.2) is 9.38 Å². The summed E-state index contributed by atoms with van der Waals surface area (Å²) < 4.78 is 16.4. The molecule has 126 valence electrons. The maximum atomic E-state index is 14.1. The molecule has 0 N–H and O–H groups in total. The zero-order valence-electron chi connectivity index (χ0n) is 14.4. The number of hydrogen-bond donors (Lipinski definition) is 0. The highest BCUT2D eigenvalue weighted by molar-refractivity contribution is 6.11. The molecule has 0 bridgehead atoms. The van der Waals surface area contributed by atoms with Crippen LogP contribution in [0.3, 0.4) is 0 Å². The minimum Gasteiger partial charge on any atom is -0.295 e. The third-order valence-electron chi connectivity index (χ3n) is 5.75. The first-order valence-electron chi connectivity index (χ1n) is 9.23. The molecule has 0 spiro atoms. The van der Waals surface area contributed by atoms with E-state index in [-0.39, 0.29) is 5.82 Å². The number of aryl methyl sites for hydroxylation is 1. The lowest BCUT2D eigenvalue weighted by Crippen LogP contribution is -2.09. The summed E-state index contributed by atoms with van der Waals surface area (Å²) in [6.07, 6.45) is 6.29. The van der Waals surface area contributed by atoms with Crippen LogP contribution in [0.4, 0.5) is 4.39 Å². The third kappa shape index (κ3) is 2.18. The minimum absolute atomic E-state index is 0.190. The van der Waals surface area contributed by atoms with Gasteiger partial charge in [0.15, 0.2) is 0 Å². The van der Waals surface area contributed by atoms with E-state index in [0.29, 0.717) is 5.92 Å². The van der Waals surface area contributed by atoms with E-state index < -0.39 is 0 Å². The molecule has 4 aromatic rings. The molecule has 5 rings (SSSR count). The fourth-order valence-corrected chi connectivity index (χ4v) is 4.65. The Kier molecular flexibility index (Phi) is 3.30. The van der Waals surface area contributed by atoms with E-state index in [9.17, 15) is 4.39 Å². The number of aromatic nitrogens is 2. The molecule has 2 nitrogen and oxygen atoms in total. The fourth-order valence-electron chi connectivity index (χ4n) is 4.65. The number of halogens is 1. The van der Waals surface area contributed by atoms with E-state index in [1.165, 1.54) is 37.8 Å².